The third-order valence-electron chi connectivity index (χ3n) is 5.60. The first-order valence-corrected chi connectivity index (χ1v) is 8.62. The molecule has 2 fully saturated rings. The second kappa shape index (κ2) is 6.55. The predicted molar refractivity (Wildman–Crippen MR) is 88.5 cm³/mol. The van der Waals surface area contributed by atoms with Gasteiger partial charge in [-0.2, -0.15) is 0 Å². The highest BCUT2D eigenvalue weighted by Crippen LogP contribution is 2.34. The van der Waals surface area contributed by atoms with E-state index in [2.05, 4.69) is 0 Å². The Bertz CT molecular complexity index is 637. The van der Waals surface area contributed by atoms with Crippen LogP contribution in [0.4, 0.5) is 0 Å². The fraction of sp³-hybridized carbons (Fsp3) is 0.667. The molecule has 5 atom stereocenters. The van der Waals surface area contributed by atoms with Crippen molar-refractivity contribution in [3.63, 3.8) is 0 Å². The monoisotopic (exact) mass is 351 g/mol. The lowest BCUT2D eigenvalue weighted by Crippen LogP contribution is -2.45. The van der Waals surface area contributed by atoms with Crippen LogP contribution >= 0.6 is 0 Å². The number of carbonyl (C=O) groups is 2. The molecule has 0 spiro atoms. The van der Waals surface area contributed by atoms with Crippen LogP contribution in [-0.2, 0) is 19.1 Å². The van der Waals surface area contributed by atoms with Crippen molar-refractivity contribution in [1.82, 2.24) is 4.90 Å². The lowest BCUT2D eigenvalue weighted by atomic mass is 9.85. The second-order valence-electron chi connectivity index (χ2n) is 7.26. The summed E-state index contributed by atoms with van der Waals surface area (Å²) in [5.41, 5.74) is -0.551. The summed E-state index contributed by atoms with van der Waals surface area (Å²) in [6, 6.07) is -0.299. The van der Waals surface area contributed by atoms with Crippen LogP contribution in [0, 0.1) is 5.92 Å². The van der Waals surface area contributed by atoms with Gasteiger partial charge in [-0.25, -0.2) is 9.59 Å². The van der Waals surface area contributed by atoms with Crippen LogP contribution in [0.15, 0.2) is 23.3 Å². The number of ether oxygens (including phenoxy) is 2. The highest BCUT2D eigenvalue weighted by Gasteiger charge is 2.49. The third kappa shape index (κ3) is 3.12. The molecule has 0 bridgehead atoms. The number of hydrogen-bond donors (Lipinski definition) is 2. The number of aliphatic hydroxyl groups excluding tert-OH is 1. The van der Waals surface area contributed by atoms with Crippen LogP contribution in [-0.4, -0.2) is 70.6 Å². The molecule has 0 aromatic heterocycles. The lowest BCUT2D eigenvalue weighted by molar-refractivity contribution is -0.169. The number of cyclic esters (lactones) is 1. The summed E-state index contributed by atoms with van der Waals surface area (Å²) in [5, 5.41) is 20.9. The van der Waals surface area contributed by atoms with Gasteiger partial charge in [-0.15, -0.1) is 0 Å². The van der Waals surface area contributed by atoms with Crippen LogP contribution in [0.1, 0.15) is 27.2 Å². The van der Waals surface area contributed by atoms with Gasteiger partial charge in [0.1, 0.15) is 18.8 Å². The third-order valence-corrected chi connectivity index (χ3v) is 5.60. The van der Waals surface area contributed by atoms with Gasteiger partial charge in [0.15, 0.2) is 5.60 Å². The van der Waals surface area contributed by atoms with E-state index in [1.165, 1.54) is 6.92 Å². The largest absolute Gasteiger partial charge is 0.459 e. The molecule has 7 nitrogen and oxygen atoms in total. The quantitative estimate of drug-likeness (QED) is 0.365. The Balaban J connectivity index is 1.94. The van der Waals surface area contributed by atoms with Crippen molar-refractivity contribution < 1.29 is 29.3 Å². The minimum Gasteiger partial charge on any atom is -0.459 e. The first kappa shape index (κ1) is 18.1. The first-order chi connectivity index (χ1) is 11.8. The number of hydrogen-bond acceptors (Lipinski definition) is 7. The van der Waals surface area contributed by atoms with Crippen LogP contribution in [0.2, 0.25) is 0 Å². The molecule has 0 radical (unpaired) electrons. The number of aliphatic hydroxyl groups is 2. The summed E-state index contributed by atoms with van der Waals surface area (Å²) in [7, 11) is 0. The average molecular weight is 351 g/mol. The highest BCUT2D eigenvalue weighted by molar-refractivity contribution is 5.89. The van der Waals surface area contributed by atoms with E-state index in [0.717, 1.165) is 5.57 Å². The molecule has 7 heteroatoms. The van der Waals surface area contributed by atoms with E-state index in [-0.39, 0.29) is 19.1 Å². The molecule has 0 aromatic carbocycles. The summed E-state index contributed by atoms with van der Waals surface area (Å²) >= 11 is 0. The normalized spacial score (nSPS) is 41.5. The van der Waals surface area contributed by atoms with Crippen molar-refractivity contribution in [2.75, 3.05) is 19.7 Å². The molecule has 3 heterocycles. The summed E-state index contributed by atoms with van der Waals surface area (Å²) in [6.45, 7) is 5.82. The fourth-order valence-electron chi connectivity index (χ4n) is 3.70. The van der Waals surface area contributed by atoms with E-state index in [1.54, 1.807) is 19.9 Å². The molecule has 3 rings (SSSR count). The summed E-state index contributed by atoms with van der Waals surface area (Å²) in [5.74, 6) is -1.76. The summed E-state index contributed by atoms with van der Waals surface area (Å²) in [4.78, 5) is 26.9. The molecule has 0 aliphatic carbocycles. The van der Waals surface area contributed by atoms with Gasteiger partial charge in [0.25, 0.3) is 0 Å². The molecule has 3 aliphatic rings. The van der Waals surface area contributed by atoms with E-state index in [9.17, 15) is 19.8 Å². The molecule has 0 unspecified atom stereocenters. The van der Waals surface area contributed by atoms with Crippen molar-refractivity contribution in [2.24, 2.45) is 5.92 Å². The molecule has 2 saturated heterocycles. The lowest BCUT2D eigenvalue weighted by Gasteiger charge is -2.31. The maximum Gasteiger partial charge on any atom is 0.338 e. The Labute approximate surface area is 146 Å². The van der Waals surface area contributed by atoms with E-state index in [0.29, 0.717) is 18.7 Å². The molecule has 25 heavy (non-hydrogen) atoms. The topological polar surface area (TPSA) is 96.3 Å². The standard InChI is InChI=1S/C18H25NO6/c1-4-11-7-10(2)18(3,23)17(22)24-9-12-5-6-19-8-13(20)15(14(12)19)25-16(11)21/h4-5,10,13-15,20,23H,6-9H2,1-3H3/b11-4-/t10-,13+,14-,15+,18+/m0/s1. The molecule has 138 valence electrons. The molecule has 0 saturated carbocycles. The van der Waals surface area contributed by atoms with Gasteiger partial charge in [-0.1, -0.05) is 19.1 Å². The average Bonchev–Trinajstić information content (AvgIpc) is 3.08. The van der Waals surface area contributed by atoms with E-state index in [1.807, 2.05) is 11.0 Å². The van der Waals surface area contributed by atoms with Gasteiger partial charge in [-0.3, -0.25) is 4.90 Å². The zero-order valence-corrected chi connectivity index (χ0v) is 14.8. The predicted octanol–water partition coefficient (Wildman–Crippen LogP) is 0.164. The first-order valence-electron chi connectivity index (χ1n) is 8.62. The number of carbonyl (C=O) groups excluding carboxylic acids is 2. The highest BCUT2D eigenvalue weighted by atomic mass is 16.6. The number of esters is 2. The minimum atomic E-state index is -1.71. The maximum atomic E-state index is 12.6. The Morgan fingerprint density at radius 2 is 2.12 bits per heavy atom. The van der Waals surface area contributed by atoms with Crippen molar-refractivity contribution in [1.29, 1.82) is 0 Å². The maximum absolute atomic E-state index is 12.6. The Kier molecular flexibility index (Phi) is 4.74. The fourth-order valence-corrected chi connectivity index (χ4v) is 3.70. The van der Waals surface area contributed by atoms with Gasteiger partial charge in [0, 0.05) is 18.7 Å². The summed E-state index contributed by atoms with van der Waals surface area (Å²) < 4.78 is 11.0. The van der Waals surface area contributed by atoms with Gasteiger partial charge in [0.2, 0.25) is 0 Å². The molecule has 2 N–H and O–H groups in total. The van der Waals surface area contributed by atoms with Gasteiger partial charge >= 0.3 is 11.9 Å². The van der Waals surface area contributed by atoms with E-state index in [4.69, 9.17) is 9.47 Å². The number of allylic oxidation sites excluding steroid dienone is 1. The van der Waals surface area contributed by atoms with Crippen molar-refractivity contribution in [3.05, 3.63) is 23.3 Å². The van der Waals surface area contributed by atoms with Gasteiger partial charge < -0.3 is 19.7 Å². The number of rotatable bonds is 0. The number of nitrogens with zero attached hydrogens (tertiary/aromatic N) is 1. The Morgan fingerprint density at radius 1 is 1.40 bits per heavy atom. The molecule has 0 aromatic rings. The van der Waals surface area contributed by atoms with Gasteiger partial charge in [-0.05, 0) is 31.8 Å². The Morgan fingerprint density at radius 3 is 2.80 bits per heavy atom. The summed E-state index contributed by atoms with van der Waals surface area (Å²) in [6.07, 6.45) is 2.25. The van der Waals surface area contributed by atoms with Gasteiger partial charge in [0.05, 0.1) is 6.04 Å². The SMILES string of the molecule is C/C=C1/C[C@H](C)[C@@](C)(O)C(=O)OCC2=CCN3C[C@@H](O)[C@@H](OC1=O)[C@H]23. The second-order valence-corrected chi connectivity index (χ2v) is 7.26. The van der Waals surface area contributed by atoms with Crippen LogP contribution in [0.25, 0.3) is 0 Å². The molecule has 3 aliphatic heterocycles. The zero-order valence-electron chi connectivity index (χ0n) is 14.8. The molecular formula is C18H25NO6. The van der Waals surface area contributed by atoms with Crippen LogP contribution in [0.5, 0.6) is 0 Å². The molecular weight excluding hydrogens is 326 g/mol. The van der Waals surface area contributed by atoms with Crippen LogP contribution in [0.3, 0.4) is 0 Å². The van der Waals surface area contributed by atoms with Crippen LogP contribution < -0.4 is 0 Å². The van der Waals surface area contributed by atoms with Crippen molar-refractivity contribution in [3.8, 4) is 0 Å². The van der Waals surface area contributed by atoms with E-state index >= 15 is 0 Å². The Hall–Kier alpha value is -1.70. The minimum absolute atomic E-state index is 0.0140. The van der Waals surface area contributed by atoms with Crippen molar-refractivity contribution in [2.45, 2.75) is 51.0 Å². The van der Waals surface area contributed by atoms with E-state index < -0.39 is 35.7 Å². The smallest absolute Gasteiger partial charge is 0.338 e. The molecule has 0 amide bonds. The van der Waals surface area contributed by atoms with Crippen molar-refractivity contribution >= 4 is 11.9 Å². The zero-order chi connectivity index (χ0) is 18.4.